The second-order valence-electron chi connectivity index (χ2n) is 6.64. The summed E-state index contributed by atoms with van der Waals surface area (Å²) < 4.78 is 6.81. The quantitative estimate of drug-likeness (QED) is 0.469. The van der Waals surface area contributed by atoms with Gasteiger partial charge in [0.2, 0.25) is 0 Å². The third-order valence-corrected chi connectivity index (χ3v) is 5.50. The number of pyridine rings is 1. The van der Waals surface area contributed by atoms with Crippen LogP contribution in [0.25, 0.3) is 16.2 Å². The summed E-state index contributed by atoms with van der Waals surface area (Å²) in [6.45, 7) is 3.89. The summed E-state index contributed by atoms with van der Waals surface area (Å²) in [4.78, 5) is 33.5. The molecule has 0 unspecified atom stereocenters. The third-order valence-electron chi connectivity index (χ3n) is 4.61. The van der Waals surface area contributed by atoms with E-state index in [0.717, 1.165) is 22.6 Å². The van der Waals surface area contributed by atoms with Gasteiger partial charge in [0.25, 0.3) is 5.56 Å². The number of aromatic nitrogens is 3. The minimum absolute atomic E-state index is 0.0863. The molecule has 0 atom stereocenters. The Balaban J connectivity index is 1.49. The highest BCUT2D eigenvalue weighted by Crippen LogP contribution is 2.24. The van der Waals surface area contributed by atoms with Crippen LogP contribution in [0.3, 0.4) is 0 Å². The molecule has 4 rings (SSSR count). The Hall–Kier alpha value is -3.32. The van der Waals surface area contributed by atoms with E-state index in [1.54, 1.807) is 17.6 Å². The van der Waals surface area contributed by atoms with Crippen LogP contribution in [-0.2, 0) is 17.8 Å². The first-order valence-corrected chi connectivity index (χ1v) is 10.1. The summed E-state index contributed by atoms with van der Waals surface area (Å²) in [6, 6.07) is 13.2. The minimum Gasteiger partial charge on any atom is -0.454 e. The minimum atomic E-state index is -0.538. The van der Waals surface area contributed by atoms with Crippen LogP contribution >= 0.6 is 11.3 Å². The summed E-state index contributed by atoms with van der Waals surface area (Å²) >= 11 is 1.39. The van der Waals surface area contributed by atoms with E-state index in [1.165, 1.54) is 27.4 Å². The molecule has 0 fully saturated rings. The van der Waals surface area contributed by atoms with Crippen LogP contribution in [0.15, 0.2) is 58.8 Å². The van der Waals surface area contributed by atoms with Crippen LogP contribution in [0.4, 0.5) is 0 Å². The number of aryl methyl sites for hydroxylation is 2. The van der Waals surface area contributed by atoms with Crippen LogP contribution in [0.5, 0.6) is 0 Å². The average Bonchev–Trinajstić information content (AvgIpc) is 3.23. The second-order valence-corrected chi connectivity index (χ2v) is 7.49. The number of thiazole rings is 1. The lowest BCUT2D eigenvalue weighted by Gasteiger charge is -2.06. The maximum Gasteiger partial charge on any atom is 0.358 e. The van der Waals surface area contributed by atoms with Crippen molar-refractivity contribution in [2.45, 2.75) is 26.9 Å². The lowest BCUT2D eigenvalue weighted by atomic mass is 10.1. The maximum absolute atomic E-state index is 12.4. The number of carbonyl (C=O) groups is 1. The van der Waals surface area contributed by atoms with Gasteiger partial charge in [-0.3, -0.25) is 9.20 Å². The monoisotopic (exact) mass is 405 g/mol. The molecule has 0 aliphatic rings. The van der Waals surface area contributed by atoms with Gasteiger partial charge in [-0.1, -0.05) is 37.3 Å². The first kappa shape index (κ1) is 19.0. The van der Waals surface area contributed by atoms with Crippen LogP contribution < -0.4 is 5.56 Å². The first-order valence-electron chi connectivity index (χ1n) is 9.25. The molecule has 0 saturated heterocycles. The Morgan fingerprint density at radius 3 is 2.72 bits per heavy atom. The van der Waals surface area contributed by atoms with Crippen molar-refractivity contribution in [3.8, 4) is 10.6 Å². The van der Waals surface area contributed by atoms with E-state index >= 15 is 0 Å². The summed E-state index contributed by atoms with van der Waals surface area (Å²) in [5, 5.41) is 2.44. The third kappa shape index (κ3) is 3.95. The molecule has 146 valence electrons. The summed E-state index contributed by atoms with van der Waals surface area (Å²) in [5.74, 6) is -0.538. The molecular weight excluding hydrogens is 386 g/mol. The molecule has 0 radical (unpaired) electrons. The highest BCUT2D eigenvalue weighted by molar-refractivity contribution is 7.13. The van der Waals surface area contributed by atoms with E-state index in [2.05, 4.69) is 29.0 Å². The molecule has 0 aliphatic heterocycles. The summed E-state index contributed by atoms with van der Waals surface area (Å²) in [5.41, 5.74) is 4.08. The molecule has 0 N–H and O–H groups in total. The largest absolute Gasteiger partial charge is 0.454 e. The van der Waals surface area contributed by atoms with Gasteiger partial charge in [-0.15, -0.1) is 11.3 Å². The molecule has 1 aromatic carbocycles. The fourth-order valence-corrected chi connectivity index (χ4v) is 3.77. The normalized spacial score (nSPS) is 11.0. The Morgan fingerprint density at radius 1 is 1.17 bits per heavy atom. The molecule has 0 bridgehead atoms. The van der Waals surface area contributed by atoms with Gasteiger partial charge in [-0.05, 0) is 30.5 Å². The van der Waals surface area contributed by atoms with E-state index in [4.69, 9.17) is 4.74 Å². The molecule has 6 nitrogen and oxygen atoms in total. The number of hydrogen-bond donors (Lipinski definition) is 0. The Kier molecular flexibility index (Phi) is 5.22. The highest BCUT2D eigenvalue weighted by atomic mass is 32.1. The number of nitrogens with zero attached hydrogens (tertiary/aromatic N) is 3. The zero-order valence-corrected chi connectivity index (χ0v) is 16.9. The number of rotatable bonds is 5. The van der Waals surface area contributed by atoms with Crippen molar-refractivity contribution in [3.05, 3.63) is 86.9 Å². The molecule has 0 spiro atoms. The van der Waals surface area contributed by atoms with Crippen molar-refractivity contribution < 1.29 is 9.53 Å². The molecule has 0 aliphatic carbocycles. The van der Waals surface area contributed by atoms with Gasteiger partial charge in [0.1, 0.15) is 17.3 Å². The Labute approximate surface area is 171 Å². The standard InChI is InChI=1S/C22H19N3O3S/c1-3-15-6-8-16(9-7-15)21-24-18(13-29-21)22(27)28-12-17-11-19(26)25-10-4-5-14(2)20(25)23-17/h4-11,13H,3,12H2,1-2H3. The predicted molar refractivity (Wildman–Crippen MR) is 112 cm³/mol. The Bertz CT molecular complexity index is 1240. The average molecular weight is 405 g/mol. The number of carbonyl (C=O) groups excluding carboxylic acids is 1. The van der Waals surface area contributed by atoms with Gasteiger partial charge in [0, 0.05) is 23.2 Å². The van der Waals surface area contributed by atoms with Gasteiger partial charge in [-0.25, -0.2) is 14.8 Å². The summed E-state index contributed by atoms with van der Waals surface area (Å²) in [7, 11) is 0. The Morgan fingerprint density at radius 2 is 1.97 bits per heavy atom. The fourth-order valence-electron chi connectivity index (χ4n) is 2.98. The van der Waals surface area contributed by atoms with Crippen molar-refractivity contribution in [1.82, 2.24) is 14.4 Å². The van der Waals surface area contributed by atoms with Crippen molar-refractivity contribution in [2.24, 2.45) is 0 Å². The number of benzene rings is 1. The van der Waals surface area contributed by atoms with Gasteiger partial charge >= 0.3 is 5.97 Å². The van der Waals surface area contributed by atoms with Gasteiger partial charge in [0.05, 0.1) is 5.69 Å². The molecule has 4 aromatic rings. The van der Waals surface area contributed by atoms with Crippen molar-refractivity contribution >= 4 is 23.0 Å². The smallest absolute Gasteiger partial charge is 0.358 e. The molecule has 29 heavy (non-hydrogen) atoms. The van der Waals surface area contributed by atoms with Gasteiger partial charge < -0.3 is 4.74 Å². The summed E-state index contributed by atoms with van der Waals surface area (Å²) in [6.07, 6.45) is 2.64. The van der Waals surface area contributed by atoms with Gasteiger partial charge in [-0.2, -0.15) is 0 Å². The fraction of sp³-hybridized carbons (Fsp3) is 0.182. The van der Waals surface area contributed by atoms with Crippen LogP contribution in [0, 0.1) is 6.92 Å². The number of hydrogen-bond acceptors (Lipinski definition) is 6. The molecule has 3 heterocycles. The van der Waals surface area contributed by atoms with Crippen LogP contribution in [-0.4, -0.2) is 20.3 Å². The number of ether oxygens (including phenoxy) is 1. The van der Waals surface area contributed by atoms with E-state index in [-0.39, 0.29) is 17.9 Å². The van der Waals surface area contributed by atoms with Gasteiger partial charge in [0.15, 0.2) is 5.69 Å². The number of esters is 1. The lowest BCUT2D eigenvalue weighted by molar-refractivity contribution is 0.0462. The molecular formula is C22H19N3O3S. The number of fused-ring (bicyclic) bond motifs is 1. The highest BCUT2D eigenvalue weighted by Gasteiger charge is 2.14. The van der Waals surface area contributed by atoms with E-state index in [0.29, 0.717) is 11.3 Å². The molecule has 0 saturated carbocycles. The van der Waals surface area contributed by atoms with Crippen LogP contribution in [0.1, 0.15) is 34.2 Å². The molecule has 0 amide bonds. The maximum atomic E-state index is 12.4. The first-order chi connectivity index (χ1) is 14.0. The molecule has 7 heteroatoms. The van der Waals surface area contributed by atoms with Crippen molar-refractivity contribution in [2.75, 3.05) is 0 Å². The van der Waals surface area contributed by atoms with Crippen LogP contribution in [0.2, 0.25) is 0 Å². The zero-order valence-electron chi connectivity index (χ0n) is 16.1. The lowest BCUT2D eigenvalue weighted by Crippen LogP contribution is -2.17. The van der Waals surface area contributed by atoms with Crippen molar-refractivity contribution in [1.29, 1.82) is 0 Å². The van der Waals surface area contributed by atoms with E-state index in [9.17, 15) is 9.59 Å². The zero-order chi connectivity index (χ0) is 20.4. The van der Waals surface area contributed by atoms with E-state index < -0.39 is 5.97 Å². The van der Waals surface area contributed by atoms with E-state index in [1.807, 2.05) is 25.1 Å². The second kappa shape index (κ2) is 7.97. The molecule has 3 aromatic heterocycles. The predicted octanol–water partition coefficient (Wildman–Crippen LogP) is 4.05. The SMILES string of the molecule is CCc1ccc(-c2nc(C(=O)OCc3cc(=O)n4cccc(C)c4n3)cs2)cc1. The topological polar surface area (TPSA) is 73.6 Å². The van der Waals surface area contributed by atoms with Crippen molar-refractivity contribution in [3.63, 3.8) is 0 Å².